The van der Waals surface area contributed by atoms with Gasteiger partial charge in [-0.05, 0) is 6.08 Å². The van der Waals surface area contributed by atoms with Crippen LogP contribution in [0.1, 0.15) is 13.8 Å². The lowest BCUT2D eigenvalue weighted by Crippen LogP contribution is -2.14. The number of carbonyl (C=O) groups excluding carboxylic acids is 1. The Balaban J connectivity index is 0.00000121. The Bertz CT molecular complexity index is 236. The fourth-order valence-corrected chi connectivity index (χ4v) is 0.987. The normalized spacial score (nSPS) is 16.2. The molecule has 0 aromatic rings. The number of Topliss-reactive ketones (excluding diaryl/α,β-unsaturated/α-hetero) is 1. The van der Waals surface area contributed by atoms with Crippen LogP contribution in [0.15, 0.2) is 36.6 Å². The van der Waals surface area contributed by atoms with E-state index < -0.39 is 0 Å². The van der Waals surface area contributed by atoms with Crippen molar-refractivity contribution in [1.82, 2.24) is 0 Å². The largest absolute Gasteiger partial charge is 0.492 e. The SMILES string of the molecule is C.C=CC1=C(C=C)C(=O)CCO1. The van der Waals surface area contributed by atoms with E-state index in [1.165, 1.54) is 12.2 Å². The number of ether oxygens (including phenoxy) is 1. The Hall–Kier alpha value is -1.31. The van der Waals surface area contributed by atoms with Crippen LogP contribution in [0.3, 0.4) is 0 Å². The van der Waals surface area contributed by atoms with Crippen LogP contribution in [0.4, 0.5) is 0 Å². The number of rotatable bonds is 2. The summed E-state index contributed by atoms with van der Waals surface area (Å²) in [6.07, 6.45) is 3.49. The van der Waals surface area contributed by atoms with Crippen LogP contribution in [0.2, 0.25) is 0 Å². The molecule has 0 radical (unpaired) electrons. The molecule has 66 valence electrons. The maximum Gasteiger partial charge on any atom is 0.169 e. The molecule has 0 aromatic heterocycles. The molecule has 2 heteroatoms. The Morgan fingerprint density at radius 1 is 1.33 bits per heavy atom. The van der Waals surface area contributed by atoms with Crippen LogP contribution < -0.4 is 0 Å². The van der Waals surface area contributed by atoms with E-state index in [0.29, 0.717) is 24.4 Å². The highest BCUT2D eigenvalue weighted by Crippen LogP contribution is 2.17. The summed E-state index contributed by atoms with van der Waals surface area (Å²) in [5.74, 6) is 0.636. The van der Waals surface area contributed by atoms with E-state index in [4.69, 9.17) is 4.74 Å². The van der Waals surface area contributed by atoms with Gasteiger partial charge in [-0.25, -0.2) is 0 Å². The molecule has 0 amide bonds. The number of hydrogen-bond acceptors (Lipinski definition) is 2. The predicted molar refractivity (Wildman–Crippen MR) is 49.7 cm³/mol. The van der Waals surface area contributed by atoms with Crippen LogP contribution >= 0.6 is 0 Å². The molecule has 0 saturated heterocycles. The molecule has 1 aliphatic rings. The Morgan fingerprint density at radius 2 is 2.00 bits per heavy atom. The molecule has 0 fully saturated rings. The van der Waals surface area contributed by atoms with Crippen molar-refractivity contribution < 1.29 is 9.53 Å². The van der Waals surface area contributed by atoms with E-state index >= 15 is 0 Å². The van der Waals surface area contributed by atoms with E-state index in [1.54, 1.807) is 0 Å². The highest BCUT2D eigenvalue weighted by Gasteiger charge is 2.16. The lowest BCUT2D eigenvalue weighted by Gasteiger charge is -2.15. The van der Waals surface area contributed by atoms with Gasteiger partial charge in [0.15, 0.2) is 5.78 Å². The van der Waals surface area contributed by atoms with Crippen molar-refractivity contribution in [1.29, 1.82) is 0 Å². The monoisotopic (exact) mass is 166 g/mol. The van der Waals surface area contributed by atoms with Crippen molar-refractivity contribution in [3.8, 4) is 0 Å². The Kier molecular flexibility index (Phi) is 4.05. The topological polar surface area (TPSA) is 26.3 Å². The molecule has 0 unspecified atom stereocenters. The lowest BCUT2D eigenvalue weighted by atomic mass is 10.1. The number of ketones is 1. The molecule has 0 atom stereocenters. The molecule has 0 aromatic carbocycles. The van der Waals surface area contributed by atoms with Crippen molar-refractivity contribution in [3.05, 3.63) is 36.6 Å². The molecular weight excluding hydrogens is 152 g/mol. The first-order valence-electron chi connectivity index (χ1n) is 3.44. The summed E-state index contributed by atoms with van der Waals surface area (Å²) in [4.78, 5) is 11.1. The fraction of sp³-hybridized carbons (Fsp3) is 0.300. The van der Waals surface area contributed by atoms with Gasteiger partial charge in [0.2, 0.25) is 0 Å². The molecule has 1 rings (SSSR count). The zero-order valence-corrected chi connectivity index (χ0v) is 6.30. The molecular formula is C10H14O2. The molecule has 1 heterocycles. The quantitative estimate of drug-likeness (QED) is 0.628. The fourth-order valence-electron chi connectivity index (χ4n) is 0.987. The van der Waals surface area contributed by atoms with Crippen LogP contribution in [-0.4, -0.2) is 12.4 Å². The summed E-state index contributed by atoms with van der Waals surface area (Å²) in [7, 11) is 0. The Morgan fingerprint density at radius 3 is 2.42 bits per heavy atom. The first-order valence-corrected chi connectivity index (χ1v) is 3.44. The van der Waals surface area contributed by atoms with Crippen LogP contribution in [0, 0.1) is 0 Å². The van der Waals surface area contributed by atoms with Gasteiger partial charge in [0.25, 0.3) is 0 Å². The highest BCUT2D eigenvalue weighted by molar-refractivity contribution is 5.99. The minimum Gasteiger partial charge on any atom is -0.492 e. The van der Waals surface area contributed by atoms with Crippen molar-refractivity contribution in [2.75, 3.05) is 6.61 Å². The zero-order valence-electron chi connectivity index (χ0n) is 6.30. The first kappa shape index (κ1) is 10.7. The highest BCUT2D eigenvalue weighted by atomic mass is 16.5. The summed E-state index contributed by atoms with van der Waals surface area (Å²) >= 11 is 0. The summed E-state index contributed by atoms with van der Waals surface area (Å²) in [6.45, 7) is 7.52. The minimum atomic E-state index is 0. The lowest BCUT2D eigenvalue weighted by molar-refractivity contribution is -0.117. The number of carbonyl (C=O) groups is 1. The molecule has 0 spiro atoms. The molecule has 0 aliphatic carbocycles. The third kappa shape index (κ3) is 1.84. The van der Waals surface area contributed by atoms with Gasteiger partial charge in [0, 0.05) is 6.42 Å². The van der Waals surface area contributed by atoms with Crippen molar-refractivity contribution in [2.24, 2.45) is 0 Å². The van der Waals surface area contributed by atoms with E-state index in [1.807, 2.05) is 0 Å². The average Bonchev–Trinajstić information content (AvgIpc) is 2.04. The molecule has 0 N–H and O–H groups in total. The maximum atomic E-state index is 11.1. The maximum absolute atomic E-state index is 11.1. The number of hydrogen-bond donors (Lipinski definition) is 0. The van der Waals surface area contributed by atoms with Gasteiger partial charge in [0.1, 0.15) is 5.76 Å². The summed E-state index contributed by atoms with van der Waals surface area (Å²) in [6, 6.07) is 0. The summed E-state index contributed by atoms with van der Waals surface area (Å²) in [5.41, 5.74) is 0.547. The van der Waals surface area contributed by atoms with Crippen LogP contribution in [0.25, 0.3) is 0 Å². The van der Waals surface area contributed by atoms with Gasteiger partial charge < -0.3 is 4.74 Å². The third-order valence-electron chi connectivity index (χ3n) is 1.54. The van der Waals surface area contributed by atoms with E-state index in [-0.39, 0.29) is 13.2 Å². The van der Waals surface area contributed by atoms with E-state index in [0.717, 1.165) is 0 Å². The smallest absolute Gasteiger partial charge is 0.169 e. The van der Waals surface area contributed by atoms with Gasteiger partial charge >= 0.3 is 0 Å². The second kappa shape index (κ2) is 4.54. The molecule has 0 saturated carbocycles. The van der Waals surface area contributed by atoms with Crippen LogP contribution in [-0.2, 0) is 9.53 Å². The van der Waals surface area contributed by atoms with Gasteiger partial charge in [0.05, 0.1) is 12.2 Å². The van der Waals surface area contributed by atoms with Gasteiger partial charge in [-0.2, -0.15) is 0 Å². The van der Waals surface area contributed by atoms with Crippen LogP contribution in [0.5, 0.6) is 0 Å². The second-order valence-electron chi connectivity index (χ2n) is 2.21. The molecule has 0 bridgehead atoms. The molecule has 12 heavy (non-hydrogen) atoms. The van der Waals surface area contributed by atoms with Gasteiger partial charge in [-0.3, -0.25) is 4.79 Å². The van der Waals surface area contributed by atoms with Gasteiger partial charge in [-0.15, -0.1) is 0 Å². The summed E-state index contributed by atoms with van der Waals surface area (Å²) < 4.78 is 5.17. The number of allylic oxidation sites excluding steroid dienone is 3. The predicted octanol–water partition coefficient (Wildman–Crippen LogP) is 2.24. The second-order valence-corrected chi connectivity index (χ2v) is 2.21. The van der Waals surface area contributed by atoms with E-state index in [2.05, 4.69) is 13.2 Å². The zero-order chi connectivity index (χ0) is 8.27. The minimum absolute atomic E-state index is 0. The third-order valence-corrected chi connectivity index (χ3v) is 1.54. The Labute approximate surface area is 73.2 Å². The van der Waals surface area contributed by atoms with Crippen molar-refractivity contribution >= 4 is 5.78 Å². The van der Waals surface area contributed by atoms with Crippen molar-refractivity contribution in [3.63, 3.8) is 0 Å². The average molecular weight is 166 g/mol. The van der Waals surface area contributed by atoms with Gasteiger partial charge in [-0.1, -0.05) is 26.7 Å². The molecule has 2 nitrogen and oxygen atoms in total. The standard InChI is InChI=1S/C9H10O2.CH4/c1-3-7-8(10)5-6-11-9(7)4-2;/h3-4H,1-2,5-6H2;1H4. The van der Waals surface area contributed by atoms with Crippen molar-refractivity contribution in [2.45, 2.75) is 13.8 Å². The van der Waals surface area contributed by atoms with E-state index in [9.17, 15) is 4.79 Å². The first-order chi connectivity index (χ1) is 5.29. The summed E-state index contributed by atoms with van der Waals surface area (Å²) in [5, 5.41) is 0. The molecule has 1 aliphatic heterocycles.